The number of ketones is 1. The summed E-state index contributed by atoms with van der Waals surface area (Å²) in [5, 5.41) is 0. The Morgan fingerprint density at radius 2 is 1.56 bits per heavy atom. The number of hydrogen-bond acceptors (Lipinski definition) is 10. The highest BCUT2D eigenvalue weighted by Gasteiger charge is 2.67. The summed E-state index contributed by atoms with van der Waals surface area (Å²) in [4.78, 5) is 25.6. The van der Waals surface area contributed by atoms with Crippen LogP contribution in [-0.4, -0.2) is 110 Å². The Morgan fingerprint density at radius 3 is 2.40 bits per heavy atom. The van der Waals surface area contributed by atoms with Crippen molar-refractivity contribution in [1.82, 2.24) is 0 Å². The van der Waals surface area contributed by atoms with Crippen molar-refractivity contribution in [2.45, 2.75) is 188 Å². The molecule has 10 heterocycles. The van der Waals surface area contributed by atoms with E-state index in [0.29, 0.717) is 25.2 Å². The van der Waals surface area contributed by atoms with Crippen LogP contribution in [0.3, 0.4) is 0 Å². The van der Waals surface area contributed by atoms with Gasteiger partial charge in [0.25, 0.3) is 0 Å². The van der Waals surface area contributed by atoms with E-state index < -0.39 is 6.10 Å². The number of Topliss-reactive ketones (excluding diaryl/α,β-unsaturated/α-hetero) is 1. The predicted octanol–water partition coefficient (Wildman–Crippen LogP) is 4.98. The van der Waals surface area contributed by atoms with Gasteiger partial charge in [0.15, 0.2) is 0 Å². The Labute approximate surface area is 296 Å². The van der Waals surface area contributed by atoms with E-state index in [1.807, 2.05) is 0 Å². The number of carbonyl (C=O) groups excluding carboxylic acids is 2. The molecule has 10 rings (SSSR count). The van der Waals surface area contributed by atoms with Crippen molar-refractivity contribution >= 4 is 12.1 Å². The highest BCUT2D eigenvalue weighted by atomic mass is 16.6. The Morgan fingerprint density at radius 1 is 0.760 bits per heavy atom. The first kappa shape index (κ1) is 34.3. The van der Waals surface area contributed by atoms with Gasteiger partial charge in [0.05, 0.1) is 78.8 Å². The molecule has 12 bridgehead atoms. The van der Waals surface area contributed by atoms with Crippen molar-refractivity contribution in [3.63, 3.8) is 0 Å². The fourth-order valence-corrected chi connectivity index (χ4v) is 11.7. The van der Waals surface area contributed by atoms with Crippen LogP contribution in [0.5, 0.6) is 0 Å². The fraction of sp³-hybridized carbons (Fsp3) is 0.850. The summed E-state index contributed by atoms with van der Waals surface area (Å²) in [6.45, 7) is 11.1. The average molecular weight is 697 g/mol. The molecule has 0 amide bonds. The smallest absolute Gasteiger partial charge is 0.135 e. The van der Waals surface area contributed by atoms with E-state index in [0.717, 1.165) is 76.1 Å². The van der Waals surface area contributed by atoms with Crippen LogP contribution < -0.4 is 0 Å². The van der Waals surface area contributed by atoms with Gasteiger partial charge in [0, 0.05) is 51.0 Å². The van der Waals surface area contributed by atoms with Gasteiger partial charge in [0.2, 0.25) is 0 Å². The molecule has 1 spiro atoms. The zero-order chi connectivity index (χ0) is 34.3. The van der Waals surface area contributed by atoms with Crippen LogP contribution >= 0.6 is 0 Å². The summed E-state index contributed by atoms with van der Waals surface area (Å²) in [7, 11) is 1.65. The molecule has 10 nitrogen and oxygen atoms in total. The number of carbonyl (C=O) groups is 2. The molecule has 10 fully saturated rings. The second kappa shape index (κ2) is 13.4. The lowest BCUT2D eigenvalue weighted by molar-refractivity contribution is -0.237. The standard InChI is InChI=1S/C40H56O10/c1-20-13-24-5-7-29-21(2)14-26(44-29)9-11-40-18-28-36-30(48-39-37(28)49-34(19-40)38(39)50-40)8-6-25(46-36)15-23(42)16-27-33(17-32(45-24)22(20)3)47-31(10-12-41)35(27)43-4/h12,20,24-39H,2-3,5-11,13-19H2,1,4H3/t20-,24+,25-,26+,27+,28+,29+,30+,31-,32-,33+,34-,35-,36-,37+,38+,39-,40?/m1/s1. The average Bonchev–Trinajstić information content (AvgIpc) is 3.76. The number of fused-ring (bicyclic) bond motifs is 6. The van der Waals surface area contributed by atoms with E-state index in [9.17, 15) is 9.59 Å². The van der Waals surface area contributed by atoms with Crippen LogP contribution in [0.4, 0.5) is 0 Å². The molecule has 10 aliphatic rings. The molecule has 0 saturated carbocycles. The number of ether oxygens (including phenoxy) is 8. The van der Waals surface area contributed by atoms with Gasteiger partial charge in [-0.05, 0) is 74.9 Å². The number of hydrogen-bond donors (Lipinski definition) is 0. The molecule has 10 heteroatoms. The third-order valence-electron chi connectivity index (χ3n) is 14.2. The molecule has 18 atom stereocenters. The molecule has 0 N–H and O–H groups in total. The van der Waals surface area contributed by atoms with Gasteiger partial charge in [0.1, 0.15) is 24.3 Å². The zero-order valence-corrected chi connectivity index (χ0v) is 29.8. The molecule has 0 aromatic carbocycles. The molecule has 0 aliphatic carbocycles. The Kier molecular flexibility index (Phi) is 9.20. The van der Waals surface area contributed by atoms with Crippen LogP contribution in [0.25, 0.3) is 0 Å². The number of aldehydes is 1. The third kappa shape index (κ3) is 6.02. The first-order valence-corrected chi connectivity index (χ1v) is 19.7. The molecule has 1 unspecified atom stereocenters. The van der Waals surface area contributed by atoms with Crippen molar-refractivity contribution in [1.29, 1.82) is 0 Å². The van der Waals surface area contributed by atoms with Crippen LogP contribution in [-0.2, 0) is 47.5 Å². The summed E-state index contributed by atoms with van der Waals surface area (Å²) in [5.41, 5.74) is 1.97. The largest absolute Gasteiger partial charge is 0.378 e. The first-order chi connectivity index (χ1) is 24.2. The minimum atomic E-state index is -0.399. The third-order valence-corrected chi connectivity index (χ3v) is 14.2. The lowest BCUT2D eigenvalue weighted by Gasteiger charge is -2.48. The molecule has 0 aromatic rings. The number of rotatable bonds is 3. The van der Waals surface area contributed by atoms with Crippen LogP contribution in [0.15, 0.2) is 24.3 Å². The van der Waals surface area contributed by atoms with Gasteiger partial charge in [-0.3, -0.25) is 4.79 Å². The maximum atomic E-state index is 14.0. The van der Waals surface area contributed by atoms with Crippen molar-refractivity contribution in [2.24, 2.45) is 17.8 Å². The van der Waals surface area contributed by atoms with Crippen LogP contribution in [0.2, 0.25) is 0 Å². The van der Waals surface area contributed by atoms with Gasteiger partial charge in [-0.2, -0.15) is 0 Å². The molecule has 10 saturated heterocycles. The topological polar surface area (TPSA) is 108 Å². The molecule has 10 aliphatic heterocycles. The SMILES string of the molecule is C=C1C[C@@H]2CCC34C[C@H]5[C@H]6O[C@H](CC[C@@H]6O[C@H]6[C@@H](O3)[C@@H](C4)O[C@@H]56)CC(=O)C[C@@H]3[C@@H](OC)[C@@H](CC=O)O[C@H]3C[C@H]3O[C@@H](CC[C@@H]1O2)C[C@@H](C)C3=C. The quantitative estimate of drug-likeness (QED) is 0.296. The van der Waals surface area contributed by atoms with Gasteiger partial charge >= 0.3 is 0 Å². The minimum Gasteiger partial charge on any atom is -0.378 e. The molecule has 276 valence electrons. The monoisotopic (exact) mass is 696 g/mol. The zero-order valence-electron chi connectivity index (χ0n) is 29.8. The Bertz CT molecular complexity index is 1350. The lowest BCUT2D eigenvalue weighted by Crippen LogP contribution is -2.58. The van der Waals surface area contributed by atoms with E-state index in [1.165, 1.54) is 5.57 Å². The van der Waals surface area contributed by atoms with Crippen molar-refractivity contribution in [3.05, 3.63) is 24.3 Å². The highest BCUT2D eigenvalue weighted by Crippen LogP contribution is 2.57. The van der Waals surface area contributed by atoms with Crippen molar-refractivity contribution < 1.29 is 47.5 Å². The van der Waals surface area contributed by atoms with Gasteiger partial charge in [-0.25, -0.2) is 0 Å². The van der Waals surface area contributed by atoms with Crippen LogP contribution in [0, 0.1) is 17.8 Å². The summed E-state index contributed by atoms with van der Waals surface area (Å²) in [6.07, 6.45) is 9.81. The summed E-state index contributed by atoms with van der Waals surface area (Å²) < 4.78 is 53.3. The molecular weight excluding hydrogens is 640 g/mol. The van der Waals surface area contributed by atoms with Gasteiger partial charge in [-0.1, -0.05) is 20.1 Å². The summed E-state index contributed by atoms with van der Waals surface area (Å²) in [5.74, 6) is 0.417. The fourth-order valence-electron chi connectivity index (χ4n) is 11.7. The van der Waals surface area contributed by atoms with Gasteiger partial charge in [-0.15, -0.1) is 0 Å². The lowest BCUT2D eigenvalue weighted by atomic mass is 9.73. The molecule has 0 aromatic heterocycles. The van der Waals surface area contributed by atoms with Crippen molar-refractivity contribution in [2.75, 3.05) is 7.11 Å². The number of methoxy groups -OCH3 is 1. The van der Waals surface area contributed by atoms with E-state index in [1.54, 1.807) is 7.11 Å². The second-order valence-corrected chi connectivity index (χ2v) is 17.3. The first-order valence-electron chi connectivity index (χ1n) is 19.7. The minimum absolute atomic E-state index is 0.00728. The Balaban J connectivity index is 0.996. The maximum Gasteiger partial charge on any atom is 0.135 e. The maximum absolute atomic E-state index is 14.0. The summed E-state index contributed by atoms with van der Waals surface area (Å²) >= 11 is 0. The Hall–Kier alpha value is -1.50. The molecule has 50 heavy (non-hydrogen) atoms. The van der Waals surface area contributed by atoms with E-state index >= 15 is 0 Å². The van der Waals surface area contributed by atoms with E-state index in [2.05, 4.69) is 20.1 Å². The molecular formula is C40H56O10. The predicted molar refractivity (Wildman–Crippen MR) is 180 cm³/mol. The van der Waals surface area contributed by atoms with Crippen molar-refractivity contribution in [3.8, 4) is 0 Å². The van der Waals surface area contributed by atoms with Gasteiger partial charge < -0.3 is 42.7 Å². The second-order valence-electron chi connectivity index (χ2n) is 17.3. The molecule has 0 radical (unpaired) electrons. The van der Waals surface area contributed by atoms with Crippen LogP contribution in [0.1, 0.15) is 96.8 Å². The van der Waals surface area contributed by atoms with E-state index in [4.69, 9.17) is 37.9 Å². The van der Waals surface area contributed by atoms with E-state index in [-0.39, 0.29) is 109 Å². The summed E-state index contributed by atoms with van der Waals surface area (Å²) in [6, 6.07) is 0. The highest BCUT2D eigenvalue weighted by molar-refractivity contribution is 5.79. The normalized spacial score (nSPS) is 53.2.